The standard InChI is InChI=1S/C19H28N2O5/c1-5-14-9-7-8-10-21(14)15(22)11-26-19(24)17-12(3)16(13(4)20-17)18(23)25-6-2/h14,20H,5-11H2,1-4H3. The van der Waals surface area contributed by atoms with E-state index in [1.165, 1.54) is 0 Å². The van der Waals surface area contributed by atoms with E-state index in [0.717, 1.165) is 25.7 Å². The Hall–Kier alpha value is -2.31. The molecule has 0 aliphatic carbocycles. The van der Waals surface area contributed by atoms with Crippen molar-refractivity contribution in [1.29, 1.82) is 0 Å². The summed E-state index contributed by atoms with van der Waals surface area (Å²) in [6.45, 7) is 7.81. The molecule has 1 aliphatic heterocycles. The van der Waals surface area contributed by atoms with Crippen LogP contribution < -0.4 is 0 Å². The van der Waals surface area contributed by atoms with Crippen molar-refractivity contribution in [2.24, 2.45) is 0 Å². The van der Waals surface area contributed by atoms with E-state index in [2.05, 4.69) is 11.9 Å². The highest BCUT2D eigenvalue weighted by Crippen LogP contribution is 2.21. The van der Waals surface area contributed by atoms with Gasteiger partial charge < -0.3 is 19.4 Å². The number of nitrogens with zero attached hydrogens (tertiary/aromatic N) is 1. The summed E-state index contributed by atoms with van der Waals surface area (Å²) in [5.74, 6) is -1.29. The smallest absolute Gasteiger partial charge is 0.355 e. The van der Waals surface area contributed by atoms with Crippen LogP contribution >= 0.6 is 0 Å². The van der Waals surface area contributed by atoms with Gasteiger partial charge in [0.15, 0.2) is 6.61 Å². The highest BCUT2D eigenvalue weighted by atomic mass is 16.5. The van der Waals surface area contributed by atoms with Gasteiger partial charge in [0.1, 0.15) is 5.69 Å². The molecule has 7 heteroatoms. The SMILES string of the molecule is CCOC(=O)c1c(C)[nH]c(C(=O)OCC(=O)N2CCCCC2CC)c1C. The van der Waals surface area contributed by atoms with Gasteiger partial charge in [0.05, 0.1) is 12.2 Å². The highest BCUT2D eigenvalue weighted by Gasteiger charge is 2.28. The molecule has 0 spiro atoms. The van der Waals surface area contributed by atoms with Gasteiger partial charge in [-0.3, -0.25) is 4.79 Å². The Bertz CT molecular complexity index is 680. The van der Waals surface area contributed by atoms with Crippen LogP contribution in [0.2, 0.25) is 0 Å². The second kappa shape index (κ2) is 8.87. The Labute approximate surface area is 154 Å². The second-order valence-corrected chi connectivity index (χ2v) is 6.57. The van der Waals surface area contributed by atoms with Crippen molar-refractivity contribution in [1.82, 2.24) is 9.88 Å². The lowest BCUT2D eigenvalue weighted by molar-refractivity contribution is -0.138. The Morgan fingerprint density at radius 2 is 1.85 bits per heavy atom. The summed E-state index contributed by atoms with van der Waals surface area (Å²) >= 11 is 0. The van der Waals surface area contributed by atoms with Gasteiger partial charge in [-0.15, -0.1) is 0 Å². The zero-order valence-corrected chi connectivity index (χ0v) is 16.0. The number of hydrogen-bond donors (Lipinski definition) is 1. The molecule has 0 aromatic carbocycles. The lowest BCUT2D eigenvalue weighted by atomic mass is 10.00. The third-order valence-corrected chi connectivity index (χ3v) is 4.87. The molecule has 1 amide bonds. The molecular weight excluding hydrogens is 336 g/mol. The number of nitrogens with one attached hydrogen (secondary N) is 1. The average Bonchev–Trinajstić information content (AvgIpc) is 2.93. The molecule has 1 fully saturated rings. The number of hydrogen-bond acceptors (Lipinski definition) is 5. The van der Waals surface area contributed by atoms with Gasteiger partial charge in [0.2, 0.25) is 0 Å². The van der Waals surface area contributed by atoms with Crippen molar-refractivity contribution in [3.8, 4) is 0 Å². The largest absolute Gasteiger partial charge is 0.462 e. The lowest BCUT2D eigenvalue weighted by Crippen LogP contribution is -2.45. The van der Waals surface area contributed by atoms with Gasteiger partial charge in [-0.1, -0.05) is 6.92 Å². The molecule has 1 N–H and O–H groups in total. The molecule has 0 radical (unpaired) electrons. The van der Waals surface area contributed by atoms with E-state index in [1.807, 2.05) is 4.90 Å². The molecule has 1 aromatic rings. The molecule has 0 bridgehead atoms. The fourth-order valence-electron chi connectivity index (χ4n) is 3.50. The van der Waals surface area contributed by atoms with Gasteiger partial charge in [-0.05, 0) is 52.0 Å². The first-order valence-electron chi connectivity index (χ1n) is 9.23. The predicted molar refractivity (Wildman–Crippen MR) is 96.1 cm³/mol. The van der Waals surface area contributed by atoms with Crippen molar-refractivity contribution in [2.45, 2.75) is 59.4 Å². The molecule has 2 rings (SSSR count). The van der Waals surface area contributed by atoms with Crippen LogP contribution in [0.25, 0.3) is 0 Å². The van der Waals surface area contributed by atoms with Crippen molar-refractivity contribution >= 4 is 17.8 Å². The number of aromatic amines is 1. The fraction of sp³-hybridized carbons (Fsp3) is 0.632. The third-order valence-electron chi connectivity index (χ3n) is 4.87. The maximum atomic E-state index is 12.4. The quantitative estimate of drug-likeness (QED) is 0.784. The van der Waals surface area contributed by atoms with E-state index in [-0.39, 0.29) is 30.9 Å². The average molecular weight is 364 g/mol. The van der Waals surface area contributed by atoms with E-state index in [0.29, 0.717) is 23.4 Å². The number of aryl methyl sites for hydroxylation is 1. The minimum absolute atomic E-state index is 0.170. The summed E-state index contributed by atoms with van der Waals surface area (Å²) in [7, 11) is 0. The Balaban J connectivity index is 2.03. The Morgan fingerprint density at radius 3 is 2.50 bits per heavy atom. The van der Waals surface area contributed by atoms with Crippen LogP contribution in [0.15, 0.2) is 0 Å². The van der Waals surface area contributed by atoms with Crippen LogP contribution in [0, 0.1) is 13.8 Å². The number of ether oxygens (including phenoxy) is 2. The number of aromatic nitrogens is 1. The van der Waals surface area contributed by atoms with Crippen LogP contribution in [0.5, 0.6) is 0 Å². The Morgan fingerprint density at radius 1 is 1.12 bits per heavy atom. The summed E-state index contributed by atoms with van der Waals surface area (Å²) in [6.07, 6.45) is 4.00. The first kappa shape index (κ1) is 20.0. The van der Waals surface area contributed by atoms with E-state index in [1.54, 1.807) is 20.8 Å². The van der Waals surface area contributed by atoms with Gasteiger partial charge in [-0.2, -0.15) is 0 Å². The number of H-pyrrole nitrogens is 1. The Kier molecular flexibility index (Phi) is 6.83. The van der Waals surface area contributed by atoms with Crippen LogP contribution in [0.3, 0.4) is 0 Å². The van der Waals surface area contributed by atoms with Crippen molar-refractivity contribution in [3.05, 3.63) is 22.5 Å². The number of carbonyl (C=O) groups excluding carboxylic acids is 3. The predicted octanol–water partition coefficient (Wildman–Crippen LogP) is 2.76. The van der Waals surface area contributed by atoms with E-state index in [4.69, 9.17) is 9.47 Å². The molecule has 0 saturated carbocycles. The minimum Gasteiger partial charge on any atom is -0.462 e. The summed E-state index contributed by atoms with van der Waals surface area (Å²) in [5.41, 5.74) is 1.54. The number of amides is 1. The zero-order valence-electron chi connectivity index (χ0n) is 16.0. The zero-order chi connectivity index (χ0) is 19.3. The van der Waals surface area contributed by atoms with Gasteiger partial charge >= 0.3 is 11.9 Å². The van der Waals surface area contributed by atoms with Crippen LogP contribution in [-0.4, -0.2) is 53.5 Å². The molecule has 1 saturated heterocycles. The summed E-state index contributed by atoms with van der Waals surface area (Å²) in [4.78, 5) is 41.5. The maximum Gasteiger partial charge on any atom is 0.355 e. The number of rotatable bonds is 6. The second-order valence-electron chi connectivity index (χ2n) is 6.57. The van der Waals surface area contributed by atoms with Crippen molar-refractivity contribution in [3.63, 3.8) is 0 Å². The molecule has 1 aliphatic rings. The van der Waals surface area contributed by atoms with Gasteiger partial charge in [0.25, 0.3) is 5.91 Å². The molecular formula is C19H28N2O5. The molecule has 2 heterocycles. The van der Waals surface area contributed by atoms with E-state index < -0.39 is 11.9 Å². The number of piperidine rings is 1. The third kappa shape index (κ3) is 4.26. The van der Waals surface area contributed by atoms with Gasteiger partial charge in [-0.25, -0.2) is 9.59 Å². The summed E-state index contributed by atoms with van der Waals surface area (Å²) in [5, 5.41) is 0. The minimum atomic E-state index is -0.639. The number of esters is 2. The molecule has 1 atom stereocenters. The molecule has 1 aromatic heterocycles. The molecule has 144 valence electrons. The van der Waals surface area contributed by atoms with Crippen LogP contribution in [-0.2, 0) is 14.3 Å². The topological polar surface area (TPSA) is 88.7 Å². The molecule has 26 heavy (non-hydrogen) atoms. The monoisotopic (exact) mass is 364 g/mol. The van der Waals surface area contributed by atoms with E-state index >= 15 is 0 Å². The van der Waals surface area contributed by atoms with Crippen molar-refractivity contribution in [2.75, 3.05) is 19.8 Å². The van der Waals surface area contributed by atoms with Crippen molar-refractivity contribution < 1.29 is 23.9 Å². The number of carbonyl (C=O) groups is 3. The first-order valence-corrected chi connectivity index (χ1v) is 9.23. The first-order chi connectivity index (χ1) is 12.4. The summed E-state index contributed by atoms with van der Waals surface area (Å²) < 4.78 is 10.2. The normalized spacial score (nSPS) is 17.1. The van der Waals surface area contributed by atoms with Gasteiger partial charge in [0, 0.05) is 18.3 Å². The van der Waals surface area contributed by atoms with E-state index in [9.17, 15) is 14.4 Å². The molecule has 1 unspecified atom stereocenters. The maximum absolute atomic E-state index is 12.4. The summed E-state index contributed by atoms with van der Waals surface area (Å²) in [6, 6.07) is 0.222. The fourth-order valence-corrected chi connectivity index (χ4v) is 3.50. The number of likely N-dealkylation sites (tertiary alicyclic amines) is 1. The van der Waals surface area contributed by atoms with Crippen LogP contribution in [0.1, 0.15) is 71.6 Å². The highest BCUT2D eigenvalue weighted by molar-refractivity contribution is 5.99. The lowest BCUT2D eigenvalue weighted by Gasteiger charge is -2.35. The van der Waals surface area contributed by atoms with Crippen LogP contribution in [0.4, 0.5) is 0 Å². The molecule has 7 nitrogen and oxygen atoms in total.